The average Bonchev–Trinajstić information content (AvgIpc) is 3.00. The summed E-state index contributed by atoms with van der Waals surface area (Å²) in [5.41, 5.74) is 0.623. The fourth-order valence-electron chi connectivity index (χ4n) is 5.54. The Bertz CT molecular complexity index is 2910. The van der Waals surface area contributed by atoms with Crippen molar-refractivity contribution < 1.29 is 64.8 Å². The van der Waals surface area contributed by atoms with E-state index in [0.29, 0.717) is 0 Å². The largest absolute Gasteiger partial charge is 0.379 e. The lowest BCUT2D eigenvalue weighted by molar-refractivity contribution is 0.460. The highest BCUT2D eigenvalue weighted by atomic mass is 32.2. The molecule has 6 aromatic rings. The third-order valence-electron chi connectivity index (χ3n) is 7.68. The molecule has 0 fully saturated rings. The minimum atomic E-state index is -4.89. The molecule has 0 heterocycles. The molecule has 0 aliphatic heterocycles. The third-order valence-corrected chi connectivity index (χ3v) is 11.4. The van der Waals surface area contributed by atoms with Gasteiger partial charge in [-0.05, 0) is 122 Å². The summed E-state index contributed by atoms with van der Waals surface area (Å²) < 4.78 is 161. The normalized spacial score (nSPS) is 13.5. The Balaban J connectivity index is 1.67. The maximum Gasteiger partial charge on any atom is 0.357 e. The van der Waals surface area contributed by atoms with Crippen molar-refractivity contribution in [1.29, 1.82) is 0 Å². The Kier molecular flexibility index (Phi) is 8.63. The zero-order valence-corrected chi connectivity index (χ0v) is 28.6. The lowest BCUT2D eigenvalue weighted by Crippen LogP contribution is -2.02. The molecule has 0 radical (unpaired) electrons. The monoisotopic (exact) mass is 780 g/mol. The van der Waals surface area contributed by atoms with Crippen molar-refractivity contribution in [1.82, 2.24) is 0 Å². The van der Waals surface area contributed by atoms with Gasteiger partial charge in [0.15, 0.2) is 5.75 Å². The van der Waals surface area contributed by atoms with Crippen LogP contribution >= 0.6 is 0 Å². The fraction of sp³-hybridized carbons (Fsp3) is 0. The summed E-state index contributed by atoms with van der Waals surface area (Å²) in [6, 6.07) is 18.0. The van der Waals surface area contributed by atoms with Crippen molar-refractivity contribution in [2.75, 3.05) is 0 Å². The zero-order chi connectivity index (χ0) is 36.6. The second-order valence-electron chi connectivity index (χ2n) is 10.8. The van der Waals surface area contributed by atoms with Crippen molar-refractivity contribution in [2.24, 2.45) is 0 Å². The Morgan fingerprint density at radius 1 is 0.440 bits per heavy atom. The van der Waals surface area contributed by atoms with E-state index in [4.69, 9.17) is 4.18 Å². The minimum Gasteiger partial charge on any atom is -0.379 e. The van der Waals surface area contributed by atoms with Gasteiger partial charge in [-0.1, -0.05) is 18.2 Å². The molecule has 0 aromatic heterocycles. The molecule has 0 spiro atoms. The first-order chi connectivity index (χ1) is 23.1. The van der Waals surface area contributed by atoms with E-state index in [0.717, 1.165) is 48.5 Å². The molecule has 0 saturated heterocycles. The molecule has 0 aliphatic rings. The van der Waals surface area contributed by atoms with Crippen LogP contribution in [0.1, 0.15) is 0 Å². The van der Waals surface area contributed by atoms with Gasteiger partial charge in [0.1, 0.15) is 0 Å². The van der Waals surface area contributed by atoms with Gasteiger partial charge < -0.3 is 4.18 Å². The van der Waals surface area contributed by atoms with Crippen LogP contribution in [-0.4, -0.2) is 60.6 Å². The van der Waals surface area contributed by atoms with E-state index in [2.05, 4.69) is 0 Å². The van der Waals surface area contributed by atoms with Gasteiger partial charge in [0.25, 0.3) is 40.5 Å². The Morgan fingerprint density at radius 2 is 0.820 bits per heavy atom. The number of hydrogen-bond donors (Lipinski definition) is 5. The lowest BCUT2D eigenvalue weighted by Gasteiger charge is -2.15. The lowest BCUT2D eigenvalue weighted by atomic mass is 9.93. The quantitative estimate of drug-likeness (QED) is 0.101. The molecule has 0 amide bonds. The summed E-state index contributed by atoms with van der Waals surface area (Å²) in [6.07, 6.45) is 0. The number of rotatable bonds is 8. The molecule has 1 atom stereocenters. The predicted octanol–water partition coefficient (Wildman–Crippen LogP) is 4.98. The van der Waals surface area contributed by atoms with Gasteiger partial charge in [-0.15, -0.1) is 0 Å². The van der Waals surface area contributed by atoms with Crippen LogP contribution in [0.15, 0.2) is 111 Å². The molecule has 0 aliphatic carbocycles. The number of benzene rings is 6. The average molecular weight is 781 g/mol. The van der Waals surface area contributed by atoms with Gasteiger partial charge in [0.05, 0.1) is 19.6 Å². The molecule has 260 valence electrons. The van der Waals surface area contributed by atoms with Crippen LogP contribution in [0.4, 0.5) is 0 Å². The van der Waals surface area contributed by atoms with E-state index >= 15 is 0 Å². The summed E-state index contributed by atoms with van der Waals surface area (Å²) in [5.74, 6) is -0.195. The summed E-state index contributed by atoms with van der Waals surface area (Å²) >= 11 is -2.87. The van der Waals surface area contributed by atoms with Crippen LogP contribution in [0, 0.1) is 0 Å². The Hall–Kier alpha value is -4.35. The molecular formula is C30H20O15S5. The van der Waals surface area contributed by atoms with Gasteiger partial charge in [0.2, 0.25) is 0 Å². The maximum absolute atomic E-state index is 12.2. The molecule has 50 heavy (non-hydrogen) atoms. The van der Waals surface area contributed by atoms with Crippen LogP contribution in [0.5, 0.6) is 5.75 Å². The van der Waals surface area contributed by atoms with E-state index in [-0.39, 0.29) is 60.3 Å². The fourth-order valence-corrected chi connectivity index (χ4v) is 7.95. The summed E-state index contributed by atoms with van der Waals surface area (Å²) in [5, 5.41) is 0.960. The first-order valence-electron chi connectivity index (χ1n) is 13.5. The molecule has 0 bridgehead atoms. The van der Waals surface area contributed by atoms with E-state index in [1.807, 2.05) is 0 Å². The van der Waals surface area contributed by atoms with E-state index in [9.17, 15) is 60.6 Å². The van der Waals surface area contributed by atoms with E-state index in [1.165, 1.54) is 42.5 Å². The first kappa shape index (κ1) is 35.5. The van der Waals surface area contributed by atoms with Crippen molar-refractivity contribution in [2.45, 2.75) is 19.6 Å². The highest BCUT2D eigenvalue weighted by Gasteiger charge is 2.21. The molecule has 6 rings (SSSR count). The zero-order valence-electron chi connectivity index (χ0n) is 24.5. The van der Waals surface area contributed by atoms with E-state index in [1.54, 1.807) is 0 Å². The van der Waals surface area contributed by atoms with Crippen molar-refractivity contribution in [3.63, 3.8) is 0 Å². The number of fused-ring (bicyclic) bond motifs is 3. The topological polar surface area (TPSA) is 264 Å². The smallest absolute Gasteiger partial charge is 0.357 e. The van der Waals surface area contributed by atoms with Crippen molar-refractivity contribution >= 4 is 84.2 Å². The molecule has 1 unspecified atom stereocenters. The maximum atomic E-state index is 12.2. The van der Waals surface area contributed by atoms with Crippen LogP contribution in [0.2, 0.25) is 0 Å². The third kappa shape index (κ3) is 6.98. The van der Waals surface area contributed by atoms with Crippen LogP contribution in [0.25, 0.3) is 54.6 Å². The van der Waals surface area contributed by atoms with Crippen molar-refractivity contribution in [3.05, 3.63) is 91.0 Å². The Morgan fingerprint density at radius 3 is 1.26 bits per heavy atom. The highest BCUT2D eigenvalue weighted by molar-refractivity contribution is 7.86. The van der Waals surface area contributed by atoms with Gasteiger partial charge in [-0.25, -0.2) is 0 Å². The van der Waals surface area contributed by atoms with E-state index < -0.39 is 71.4 Å². The number of hydrogen-bond acceptors (Lipinski definition) is 10. The first-order valence-corrected chi connectivity index (χ1v) is 20.3. The highest BCUT2D eigenvalue weighted by Crippen LogP contribution is 2.41. The SMILES string of the molecule is O=S(O)Oc1cc(-c2cc(S(=O)(=O)O)cc3cc(S(=O)(=O)O)ccc23)cc2cc(-c3cc(S(=O)(=O)O)cc4cc(S(=O)(=O)O)ccc34)ccc12. The molecular weight excluding hydrogens is 761 g/mol. The standard InChI is InChI=1S/C30H20O15S5/c31-46(32)45-30-13-18(29-15-24(50(42,43)44)12-20-10-22(48(36,37)38)3-6-26(20)29)8-17-7-16(1-4-27(17)30)28-14-23(49(39,40)41)11-19-9-21(47(33,34)35)2-5-25(19)28/h1-15H,(H,31,32)(H,33,34,35)(H,36,37,38)(H,39,40,41)(H,42,43,44). The van der Waals surface area contributed by atoms with Crippen molar-refractivity contribution in [3.8, 4) is 28.0 Å². The van der Waals surface area contributed by atoms with Gasteiger partial charge >= 0.3 is 11.4 Å². The summed E-state index contributed by atoms with van der Waals surface area (Å²) in [7, 11) is -19.2. The summed E-state index contributed by atoms with van der Waals surface area (Å²) in [6.45, 7) is 0. The predicted molar refractivity (Wildman–Crippen MR) is 180 cm³/mol. The minimum absolute atomic E-state index is 0.0107. The van der Waals surface area contributed by atoms with Crippen LogP contribution in [-0.2, 0) is 51.8 Å². The Labute approximate surface area is 286 Å². The second kappa shape index (κ2) is 12.2. The van der Waals surface area contributed by atoms with Gasteiger partial charge in [-0.2, -0.15) is 37.9 Å². The van der Waals surface area contributed by atoms with Gasteiger partial charge in [0, 0.05) is 5.39 Å². The van der Waals surface area contributed by atoms with Crippen LogP contribution in [0.3, 0.4) is 0 Å². The van der Waals surface area contributed by atoms with Gasteiger partial charge in [-0.3, -0.25) is 22.8 Å². The molecule has 5 N–H and O–H groups in total. The second-order valence-corrected chi connectivity index (χ2v) is 17.1. The summed E-state index contributed by atoms with van der Waals surface area (Å²) in [4.78, 5) is -2.39. The molecule has 15 nitrogen and oxygen atoms in total. The molecule has 6 aromatic carbocycles. The molecule has 0 saturated carbocycles. The van der Waals surface area contributed by atoms with Crippen LogP contribution < -0.4 is 4.18 Å². The molecule has 20 heteroatoms.